The predicted octanol–water partition coefficient (Wildman–Crippen LogP) is 0.892. The molecular formula is C15H20N2O4S. The molecule has 120 valence electrons. The van der Waals surface area contributed by atoms with Crippen LogP contribution in [0.25, 0.3) is 0 Å². The summed E-state index contributed by atoms with van der Waals surface area (Å²) in [5, 5.41) is 4.75. The SMILES string of the molecule is CNC(=O)CNC(=O)COC(=O)c1cc2c(s1)CC[C@@H](C)C2. The van der Waals surface area contributed by atoms with Crippen LogP contribution in [0, 0.1) is 5.92 Å². The molecule has 0 aromatic carbocycles. The highest BCUT2D eigenvalue weighted by Gasteiger charge is 2.21. The molecule has 0 saturated heterocycles. The number of carbonyl (C=O) groups excluding carboxylic acids is 3. The Morgan fingerprint density at radius 1 is 1.36 bits per heavy atom. The van der Waals surface area contributed by atoms with Gasteiger partial charge in [0.05, 0.1) is 6.54 Å². The van der Waals surface area contributed by atoms with Crippen molar-refractivity contribution >= 4 is 29.1 Å². The van der Waals surface area contributed by atoms with Gasteiger partial charge in [0.2, 0.25) is 5.91 Å². The zero-order chi connectivity index (χ0) is 16.1. The number of ether oxygens (including phenoxy) is 1. The summed E-state index contributed by atoms with van der Waals surface area (Å²) >= 11 is 1.45. The number of amides is 2. The van der Waals surface area contributed by atoms with Crippen LogP contribution in [0.15, 0.2) is 6.07 Å². The van der Waals surface area contributed by atoms with Gasteiger partial charge >= 0.3 is 5.97 Å². The average Bonchev–Trinajstić information content (AvgIpc) is 2.93. The molecule has 6 nitrogen and oxygen atoms in total. The van der Waals surface area contributed by atoms with E-state index >= 15 is 0 Å². The van der Waals surface area contributed by atoms with Gasteiger partial charge in [-0.05, 0) is 36.8 Å². The summed E-state index contributed by atoms with van der Waals surface area (Å²) in [5.41, 5.74) is 1.22. The largest absolute Gasteiger partial charge is 0.451 e. The fourth-order valence-electron chi connectivity index (χ4n) is 2.33. The van der Waals surface area contributed by atoms with Crippen LogP contribution in [-0.2, 0) is 27.2 Å². The maximum Gasteiger partial charge on any atom is 0.348 e. The topological polar surface area (TPSA) is 84.5 Å². The van der Waals surface area contributed by atoms with E-state index in [1.165, 1.54) is 28.8 Å². The molecule has 7 heteroatoms. The summed E-state index contributed by atoms with van der Waals surface area (Å²) < 4.78 is 4.99. The third-order valence-electron chi connectivity index (χ3n) is 3.59. The van der Waals surface area contributed by atoms with Gasteiger partial charge in [-0.3, -0.25) is 9.59 Å². The van der Waals surface area contributed by atoms with Crippen LogP contribution in [0.2, 0.25) is 0 Å². The quantitative estimate of drug-likeness (QED) is 0.788. The highest BCUT2D eigenvalue weighted by molar-refractivity contribution is 7.14. The van der Waals surface area contributed by atoms with Crippen molar-refractivity contribution in [3.05, 3.63) is 21.4 Å². The van der Waals surface area contributed by atoms with Gasteiger partial charge in [-0.15, -0.1) is 11.3 Å². The van der Waals surface area contributed by atoms with Crippen molar-refractivity contribution in [2.24, 2.45) is 5.92 Å². The standard InChI is InChI=1S/C15H20N2O4S/c1-9-3-4-11-10(5-9)6-12(22-11)15(20)21-8-14(19)17-7-13(18)16-2/h6,9H,3-5,7-8H2,1-2H3,(H,16,18)(H,17,19)/t9-/m1/s1. The summed E-state index contributed by atoms with van der Waals surface area (Å²) in [7, 11) is 1.48. The van der Waals surface area contributed by atoms with Crippen LogP contribution in [-0.4, -0.2) is 38.0 Å². The van der Waals surface area contributed by atoms with Crippen LogP contribution in [0.1, 0.15) is 33.5 Å². The molecule has 1 aromatic heterocycles. The smallest absolute Gasteiger partial charge is 0.348 e. The van der Waals surface area contributed by atoms with Crippen LogP contribution in [0.4, 0.5) is 0 Å². The molecular weight excluding hydrogens is 304 g/mol. The lowest BCUT2D eigenvalue weighted by molar-refractivity contribution is -0.127. The summed E-state index contributed by atoms with van der Waals surface area (Å²) in [6.07, 6.45) is 3.14. The number of nitrogens with one attached hydrogen (secondary N) is 2. The van der Waals surface area contributed by atoms with E-state index in [1.807, 2.05) is 6.07 Å². The number of aryl methyl sites for hydroxylation is 1. The first-order chi connectivity index (χ1) is 10.5. The molecule has 1 aromatic rings. The van der Waals surface area contributed by atoms with Crippen molar-refractivity contribution in [2.45, 2.75) is 26.2 Å². The van der Waals surface area contributed by atoms with Gasteiger partial charge in [-0.1, -0.05) is 6.92 Å². The molecule has 0 spiro atoms. The molecule has 2 rings (SSSR count). The Bertz CT molecular complexity index is 582. The third kappa shape index (κ3) is 4.30. The molecule has 1 heterocycles. The van der Waals surface area contributed by atoms with Gasteiger partial charge in [0.25, 0.3) is 5.91 Å². The molecule has 2 amide bonds. The molecule has 0 bridgehead atoms. The second-order valence-corrected chi connectivity index (χ2v) is 6.57. The maximum atomic E-state index is 12.0. The summed E-state index contributed by atoms with van der Waals surface area (Å²) in [4.78, 5) is 36.2. The number of thiophene rings is 1. The number of fused-ring (bicyclic) bond motifs is 1. The molecule has 22 heavy (non-hydrogen) atoms. The van der Waals surface area contributed by atoms with Crippen LogP contribution < -0.4 is 10.6 Å². The zero-order valence-electron chi connectivity index (χ0n) is 12.7. The second kappa shape index (κ2) is 7.40. The molecule has 0 radical (unpaired) electrons. The normalized spacial score (nSPS) is 16.5. The van der Waals surface area contributed by atoms with Gasteiger partial charge in [0.15, 0.2) is 6.61 Å². The first kappa shape index (κ1) is 16.5. The van der Waals surface area contributed by atoms with Gasteiger partial charge in [0.1, 0.15) is 4.88 Å². The maximum absolute atomic E-state index is 12.0. The van der Waals surface area contributed by atoms with Gasteiger partial charge in [-0.25, -0.2) is 4.79 Å². The van der Waals surface area contributed by atoms with Crippen LogP contribution in [0.5, 0.6) is 0 Å². The van der Waals surface area contributed by atoms with Crippen molar-refractivity contribution in [2.75, 3.05) is 20.2 Å². The van der Waals surface area contributed by atoms with E-state index in [4.69, 9.17) is 4.74 Å². The summed E-state index contributed by atoms with van der Waals surface area (Å²) in [5.74, 6) is -0.643. The summed E-state index contributed by atoms with van der Waals surface area (Å²) in [6, 6.07) is 1.88. The van der Waals surface area contributed by atoms with Gasteiger partial charge in [-0.2, -0.15) is 0 Å². The van der Waals surface area contributed by atoms with Gasteiger partial charge in [0, 0.05) is 11.9 Å². The Balaban J connectivity index is 1.83. The van der Waals surface area contributed by atoms with E-state index in [0.717, 1.165) is 19.3 Å². The van der Waals surface area contributed by atoms with E-state index in [9.17, 15) is 14.4 Å². The Labute approximate surface area is 133 Å². The van der Waals surface area contributed by atoms with Crippen molar-refractivity contribution in [1.29, 1.82) is 0 Å². The molecule has 1 aliphatic carbocycles. The Morgan fingerprint density at radius 3 is 2.86 bits per heavy atom. The molecule has 2 N–H and O–H groups in total. The third-order valence-corrected chi connectivity index (χ3v) is 4.81. The van der Waals surface area contributed by atoms with Crippen molar-refractivity contribution in [3.8, 4) is 0 Å². The van der Waals surface area contributed by atoms with E-state index in [1.54, 1.807) is 0 Å². The average molecular weight is 324 g/mol. The number of hydrogen-bond acceptors (Lipinski definition) is 5. The second-order valence-electron chi connectivity index (χ2n) is 5.43. The lowest BCUT2D eigenvalue weighted by Crippen LogP contribution is -2.37. The minimum atomic E-state index is -0.494. The van der Waals surface area contributed by atoms with Crippen LogP contribution >= 0.6 is 11.3 Å². The monoisotopic (exact) mass is 324 g/mol. The number of likely N-dealkylation sites (N-methyl/N-ethyl adjacent to an activating group) is 1. The predicted molar refractivity (Wildman–Crippen MR) is 82.9 cm³/mol. The molecule has 0 aliphatic heterocycles. The van der Waals surface area contributed by atoms with Crippen molar-refractivity contribution in [1.82, 2.24) is 10.6 Å². The van der Waals surface area contributed by atoms with E-state index in [2.05, 4.69) is 17.6 Å². The number of carbonyl (C=O) groups is 3. The Hall–Kier alpha value is -1.89. The Morgan fingerprint density at radius 2 is 2.14 bits per heavy atom. The minimum Gasteiger partial charge on any atom is -0.451 e. The summed E-state index contributed by atoms with van der Waals surface area (Å²) in [6.45, 7) is 1.70. The van der Waals surface area contributed by atoms with Crippen molar-refractivity contribution in [3.63, 3.8) is 0 Å². The Kier molecular flexibility index (Phi) is 5.54. The zero-order valence-corrected chi connectivity index (χ0v) is 13.5. The minimum absolute atomic E-state index is 0.127. The highest BCUT2D eigenvalue weighted by atomic mass is 32.1. The lowest BCUT2D eigenvalue weighted by atomic mass is 9.90. The van der Waals surface area contributed by atoms with Crippen molar-refractivity contribution < 1.29 is 19.1 Å². The first-order valence-electron chi connectivity index (χ1n) is 7.25. The molecule has 0 unspecified atom stereocenters. The molecule has 0 fully saturated rings. The fraction of sp³-hybridized carbons (Fsp3) is 0.533. The molecule has 0 saturated carbocycles. The molecule has 1 atom stereocenters. The fourth-order valence-corrected chi connectivity index (χ4v) is 3.43. The number of esters is 1. The highest BCUT2D eigenvalue weighted by Crippen LogP contribution is 2.32. The van der Waals surface area contributed by atoms with Gasteiger partial charge < -0.3 is 15.4 Å². The first-order valence-corrected chi connectivity index (χ1v) is 8.07. The molecule has 1 aliphatic rings. The van der Waals surface area contributed by atoms with E-state index in [-0.39, 0.29) is 19.1 Å². The number of hydrogen-bond donors (Lipinski definition) is 2. The van der Waals surface area contributed by atoms with Crippen LogP contribution in [0.3, 0.4) is 0 Å². The van der Waals surface area contributed by atoms with E-state index in [0.29, 0.717) is 10.8 Å². The van der Waals surface area contributed by atoms with E-state index < -0.39 is 11.9 Å². The number of rotatable bonds is 5. The lowest BCUT2D eigenvalue weighted by Gasteiger charge is -2.16.